The Morgan fingerprint density at radius 1 is 1.09 bits per heavy atom. The summed E-state index contributed by atoms with van der Waals surface area (Å²) >= 11 is 0. The summed E-state index contributed by atoms with van der Waals surface area (Å²) in [4.78, 5) is 10.7. The fraction of sp³-hybridized carbons (Fsp3) is 0.133. The maximum Gasteiger partial charge on any atom is 0.292 e. The van der Waals surface area contributed by atoms with Crippen LogP contribution in [0.3, 0.4) is 0 Å². The van der Waals surface area contributed by atoms with Crippen LogP contribution in [0.1, 0.15) is 11.1 Å². The van der Waals surface area contributed by atoms with E-state index in [2.05, 4.69) is 20.8 Å². The molecule has 0 aliphatic carbocycles. The van der Waals surface area contributed by atoms with Crippen molar-refractivity contribution in [3.63, 3.8) is 0 Å². The number of tetrazole rings is 1. The van der Waals surface area contributed by atoms with Gasteiger partial charge in [0.1, 0.15) is 5.69 Å². The molecule has 0 saturated carbocycles. The second-order valence-corrected chi connectivity index (χ2v) is 5.05. The zero-order valence-corrected chi connectivity index (χ0v) is 12.6. The number of hydrogen-bond donors (Lipinski definition) is 1. The molecule has 0 aliphatic rings. The molecule has 2 aromatic carbocycles. The highest BCUT2D eigenvalue weighted by atomic mass is 16.6. The number of benzene rings is 2. The molecule has 0 amide bonds. The summed E-state index contributed by atoms with van der Waals surface area (Å²) in [6.45, 7) is 3.91. The van der Waals surface area contributed by atoms with Crippen molar-refractivity contribution in [2.24, 2.45) is 0 Å². The zero-order valence-electron chi connectivity index (χ0n) is 12.6. The number of para-hydroxylation sites is 3. The summed E-state index contributed by atoms with van der Waals surface area (Å²) in [5, 5.41) is 25.7. The van der Waals surface area contributed by atoms with Crippen molar-refractivity contribution in [1.82, 2.24) is 20.2 Å². The third kappa shape index (κ3) is 2.73. The smallest absolute Gasteiger partial charge is 0.292 e. The molecular weight excluding hydrogens is 296 g/mol. The van der Waals surface area contributed by atoms with Gasteiger partial charge in [0, 0.05) is 6.07 Å². The van der Waals surface area contributed by atoms with E-state index in [1.54, 1.807) is 22.9 Å². The summed E-state index contributed by atoms with van der Waals surface area (Å²) in [5.74, 6) is 0.316. The van der Waals surface area contributed by atoms with Crippen LogP contribution in [-0.4, -0.2) is 25.1 Å². The first-order valence-corrected chi connectivity index (χ1v) is 6.93. The monoisotopic (exact) mass is 310 g/mol. The molecule has 0 unspecified atom stereocenters. The molecule has 116 valence electrons. The SMILES string of the molecule is Cc1cccc(C)c1-n1nnnc1Nc1ccccc1[N+](=O)[O-]. The van der Waals surface area contributed by atoms with E-state index < -0.39 is 4.92 Å². The van der Waals surface area contributed by atoms with E-state index in [1.165, 1.54) is 6.07 Å². The number of aromatic nitrogens is 4. The van der Waals surface area contributed by atoms with E-state index in [9.17, 15) is 10.1 Å². The number of nitrogens with zero attached hydrogens (tertiary/aromatic N) is 5. The number of hydrogen-bond acceptors (Lipinski definition) is 6. The van der Waals surface area contributed by atoms with E-state index in [-0.39, 0.29) is 5.69 Å². The van der Waals surface area contributed by atoms with E-state index >= 15 is 0 Å². The van der Waals surface area contributed by atoms with Crippen LogP contribution < -0.4 is 5.32 Å². The lowest BCUT2D eigenvalue weighted by Gasteiger charge is -2.11. The molecule has 0 bridgehead atoms. The molecule has 0 atom stereocenters. The molecule has 23 heavy (non-hydrogen) atoms. The Morgan fingerprint density at radius 2 is 1.78 bits per heavy atom. The molecule has 0 spiro atoms. The minimum atomic E-state index is -0.449. The molecule has 3 rings (SSSR count). The van der Waals surface area contributed by atoms with Gasteiger partial charge in [-0.1, -0.05) is 35.4 Å². The summed E-state index contributed by atoms with van der Waals surface area (Å²) in [6.07, 6.45) is 0. The van der Waals surface area contributed by atoms with Crippen LogP contribution in [0.15, 0.2) is 42.5 Å². The predicted octanol–water partition coefficient (Wildman–Crippen LogP) is 2.93. The van der Waals surface area contributed by atoms with Crippen LogP contribution in [0.25, 0.3) is 5.69 Å². The van der Waals surface area contributed by atoms with Gasteiger partial charge in [0.15, 0.2) is 0 Å². The number of nitro benzene ring substituents is 1. The number of rotatable bonds is 4. The highest BCUT2D eigenvalue weighted by Crippen LogP contribution is 2.27. The fourth-order valence-corrected chi connectivity index (χ4v) is 2.41. The Morgan fingerprint density at radius 3 is 2.48 bits per heavy atom. The van der Waals surface area contributed by atoms with Gasteiger partial charge in [0.2, 0.25) is 0 Å². The Hall–Kier alpha value is -3.29. The minimum absolute atomic E-state index is 0.0384. The van der Waals surface area contributed by atoms with Gasteiger partial charge in [0.25, 0.3) is 11.6 Å². The van der Waals surface area contributed by atoms with E-state index in [0.29, 0.717) is 11.6 Å². The fourth-order valence-electron chi connectivity index (χ4n) is 2.41. The third-order valence-corrected chi connectivity index (χ3v) is 3.47. The molecule has 0 aliphatic heterocycles. The number of anilines is 2. The predicted molar refractivity (Wildman–Crippen MR) is 85.0 cm³/mol. The molecule has 8 nitrogen and oxygen atoms in total. The average Bonchev–Trinajstić information content (AvgIpc) is 2.95. The summed E-state index contributed by atoms with van der Waals surface area (Å²) < 4.78 is 1.54. The number of nitrogens with one attached hydrogen (secondary N) is 1. The molecule has 3 aromatic rings. The second-order valence-electron chi connectivity index (χ2n) is 5.05. The van der Waals surface area contributed by atoms with Crippen LogP contribution in [0.4, 0.5) is 17.3 Å². The second kappa shape index (κ2) is 5.84. The summed E-state index contributed by atoms with van der Waals surface area (Å²) in [5.41, 5.74) is 3.15. The van der Waals surface area contributed by atoms with Gasteiger partial charge >= 0.3 is 0 Å². The van der Waals surface area contributed by atoms with Gasteiger partial charge in [-0.05, 0) is 41.5 Å². The molecule has 8 heteroatoms. The summed E-state index contributed by atoms with van der Waals surface area (Å²) in [7, 11) is 0. The lowest BCUT2D eigenvalue weighted by atomic mass is 10.1. The van der Waals surface area contributed by atoms with Gasteiger partial charge in [-0.15, -0.1) is 0 Å². The Bertz CT molecular complexity index is 854. The Kier molecular flexibility index (Phi) is 3.71. The van der Waals surface area contributed by atoms with Gasteiger partial charge in [-0.2, -0.15) is 4.68 Å². The highest BCUT2D eigenvalue weighted by molar-refractivity contribution is 5.67. The lowest BCUT2D eigenvalue weighted by molar-refractivity contribution is -0.383. The van der Waals surface area contributed by atoms with Crippen molar-refractivity contribution in [1.29, 1.82) is 0 Å². The van der Waals surface area contributed by atoms with Crippen LogP contribution in [0.5, 0.6) is 0 Å². The molecule has 0 fully saturated rings. The zero-order chi connectivity index (χ0) is 16.4. The Labute approximate surface area is 131 Å². The molecule has 0 radical (unpaired) electrons. The number of nitro groups is 1. The lowest BCUT2D eigenvalue weighted by Crippen LogP contribution is -2.07. The van der Waals surface area contributed by atoms with E-state index in [0.717, 1.165) is 16.8 Å². The normalized spacial score (nSPS) is 10.5. The topological polar surface area (TPSA) is 98.8 Å². The van der Waals surface area contributed by atoms with Crippen molar-refractivity contribution in [2.45, 2.75) is 13.8 Å². The average molecular weight is 310 g/mol. The third-order valence-electron chi connectivity index (χ3n) is 3.47. The first kappa shape index (κ1) is 14.6. The van der Waals surface area contributed by atoms with Crippen LogP contribution in [0, 0.1) is 24.0 Å². The van der Waals surface area contributed by atoms with Crippen molar-refractivity contribution in [3.8, 4) is 5.69 Å². The van der Waals surface area contributed by atoms with Crippen molar-refractivity contribution in [3.05, 3.63) is 63.7 Å². The standard InChI is InChI=1S/C15H14N6O2/c1-10-6-5-7-11(2)14(10)20-15(17-18-19-20)16-12-8-3-4-9-13(12)21(22)23/h3-9H,1-2H3,(H,16,17,19). The van der Waals surface area contributed by atoms with Crippen molar-refractivity contribution < 1.29 is 4.92 Å². The maximum atomic E-state index is 11.1. The van der Waals surface area contributed by atoms with Crippen LogP contribution in [-0.2, 0) is 0 Å². The largest absolute Gasteiger partial charge is 0.317 e. The first-order chi connectivity index (χ1) is 11.1. The molecule has 1 N–H and O–H groups in total. The minimum Gasteiger partial charge on any atom is -0.317 e. The van der Waals surface area contributed by atoms with Crippen molar-refractivity contribution >= 4 is 17.3 Å². The number of aryl methyl sites for hydroxylation is 2. The van der Waals surface area contributed by atoms with Gasteiger partial charge in [-0.3, -0.25) is 10.1 Å². The quantitative estimate of drug-likeness (QED) is 0.587. The molecular formula is C15H14N6O2. The first-order valence-electron chi connectivity index (χ1n) is 6.93. The molecule has 1 heterocycles. The van der Waals surface area contributed by atoms with Crippen molar-refractivity contribution in [2.75, 3.05) is 5.32 Å². The molecule has 0 saturated heterocycles. The van der Waals surface area contributed by atoms with E-state index in [4.69, 9.17) is 0 Å². The van der Waals surface area contributed by atoms with Crippen LogP contribution >= 0.6 is 0 Å². The van der Waals surface area contributed by atoms with E-state index in [1.807, 2.05) is 32.0 Å². The molecule has 1 aromatic heterocycles. The highest BCUT2D eigenvalue weighted by Gasteiger charge is 2.17. The van der Waals surface area contributed by atoms with Gasteiger partial charge in [0.05, 0.1) is 10.6 Å². The Balaban J connectivity index is 2.05. The van der Waals surface area contributed by atoms with Crippen LogP contribution in [0.2, 0.25) is 0 Å². The summed E-state index contributed by atoms with van der Waals surface area (Å²) in [6, 6.07) is 12.2. The van der Waals surface area contributed by atoms with Gasteiger partial charge in [-0.25, -0.2) is 0 Å². The maximum absolute atomic E-state index is 11.1. The van der Waals surface area contributed by atoms with Gasteiger partial charge < -0.3 is 5.32 Å².